The molecule has 0 aliphatic carbocycles. The van der Waals surface area contributed by atoms with Crippen LogP contribution in [0.15, 0.2) is 6.20 Å². The van der Waals surface area contributed by atoms with Crippen molar-refractivity contribution >= 4 is 12.6 Å². The summed E-state index contributed by atoms with van der Waals surface area (Å²) in [4.78, 5) is 3.95. The molecule has 4 heteroatoms. The predicted molar refractivity (Wildman–Crippen MR) is 49.3 cm³/mol. The number of aliphatic hydroxyl groups excluding tert-OH is 1. The van der Waals surface area contributed by atoms with Gasteiger partial charge in [0.05, 0.1) is 12.3 Å². The number of aliphatic hydroxyl groups is 1. The van der Waals surface area contributed by atoms with Gasteiger partial charge in [0.2, 0.25) is 0 Å². The van der Waals surface area contributed by atoms with E-state index in [2.05, 4.69) is 17.6 Å². The minimum Gasteiger partial charge on any atom is -0.506 e. The van der Waals surface area contributed by atoms with Crippen molar-refractivity contribution in [1.82, 2.24) is 4.98 Å². The van der Waals surface area contributed by atoms with Crippen LogP contribution in [-0.4, -0.2) is 15.2 Å². The maximum Gasteiger partial charge on any atom is 0.142 e. The highest BCUT2D eigenvalue weighted by Gasteiger charge is 2.08. The largest absolute Gasteiger partial charge is 0.506 e. The van der Waals surface area contributed by atoms with Crippen LogP contribution in [0.3, 0.4) is 0 Å². The Hall–Kier alpha value is -0.740. The number of thiol groups is 1. The zero-order chi connectivity index (χ0) is 9.14. The molecule has 3 nitrogen and oxygen atoms in total. The van der Waals surface area contributed by atoms with Gasteiger partial charge in [-0.25, -0.2) is 0 Å². The van der Waals surface area contributed by atoms with Crippen LogP contribution in [-0.2, 0) is 12.4 Å². The Morgan fingerprint density at radius 2 is 2.25 bits per heavy atom. The fourth-order valence-electron chi connectivity index (χ4n) is 0.997. The monoisotopic (exact) mass is 185 g/mol. The molecule has 66 valence electrons. The molecule has 2 N–H and O–H groups in total. The molecular weight excluding hydrogens is 174 g/mol. The van der Waals surface area contributed by atoms with Gasteiger partial charge >= 0.3 is 0 Å². The highest BCUT2D eigenvalue weighted by molar-refractivity contribution is 7.79. The molecule has 0 atom stereocenters. The lowest BCUT2D eigenvalue weighted by Crippen LogP contribution is -1.96. The van der Waals surface area contributed by atoms with Gasteiger partial charge in [-0.2, -0.15) is 12.6 Å². The lowest BCUT2D eigenvalue weighted by atomic mass is 10.1. The van der Waals surface area contributed by atoms with Crippen LogP contribution in [0, 0.1) is 6.92 Å². The molecule has 0 radical (unpaired) electrons. The Morgan fingerprint density at radius 1 is 1.58 bits per heavy atom. The SMILES string of the molecule is Cc1ncc(CS)c(CO)c1O. The zero-order valence-electron chi connectivity index (χ0n) is 6.78. The minimum absolute atomic E-state index is 0.0732. The average molecular weight is 185 g/mol. The lowest BCUT2D eigenvalue weighted by molar-refractivity contribution is 0.274. The van der Waals surface area contributed by atoms with Crippen LogP contribution in [0.5, 0.6) is 5.75 Å². The van der Waals surface area contributed by atoms with E-state index in [0.717, 1.165) is 5.56 Å². The average Bonchev–Trinajstić information content (AvgIpc) is 2.09. The first-order valence-corrected chi connectivity index (χ1v) is 4.22. The number of aromatic hydroxyl groups is 1. The van der Waals surface area contributed by atoms with Crippen LogP contribution < -0.4 is 0 Å². The molecule has 0 unspecified atom stereocenters. The van der Waals surface area contributed by atoms with E-state index in [1.807, 2.05) is 0 Å². The van der Waals surface area contributed by atoms with E-state index in [9.17, 15) is 5.11 Å². The number of nitrogens with zero attached hydrogens (tertiary/aromatic N) is 1. The first-order chi connectivity index (χ1) is 5.70. The highest BCUT2D eigenvalue weighted by atomic mass is 32.1. The van der Waals surface area contributed by atoms with Crippen molar-refractivity contribution in [2.24, 2.45) is 0 Å². The van der Waals surface area contributed by atoms with Crippen LogP contribution in [0.2, 0.25) is 0 Å². The molecule has 0 spiro atoms. The zero-order valence-corrected chi connectivity index (χ0v) is 7.67. The van der Waals surface area contributed by atoms with E-state index in [0.29, 0.717) is 17.0 Å². The minimum atomic E-state index is -0.176. The third kappa shape index (κ3) is 1.54. The predicted octanol–water partition coefficient (Wildman–Crippen LogP) is 1.02. The fraction of sp³-hybridized carbons (Fsp3) is 0.375. The van der Waals surface area contributed by atoms with Crippen molar-refractivity contribution in [3.05, 3.63) is 23.0 Å². The molecule has 0 aliphatic heterocycles. The summed E-state index contributed by atoms with van der Waals surface area (Å²) in [5.41, 5.74) is 1.83. The molecule has 0 fully saturated rings. The van der Waals surface area contributed by atoms with Crippen molar-refractivity contribution in [1.29, 1.82) is 0 Å². The quantitative estimate of drug-likeness (QED) is 0.603. The van der Waals surface area contributed by atoms with Crippen LogP contribution >= 0.6 is 12.6 Å². The van der Waals surface area contributed by atoms with Crippen molar-refractivity contribution < 1.29 is 10.2 Å². The summed E-state index contributed by atoms with van der Waals surface area (Å²) < 4.78 is 0. The van der Waals surface area contributed by atoms with E-state index < -0.39 is 0 Å². The second-order valence-corrected chi connectivity index (χ2v) is 2.83. The molecule has 0 aliphatic rings. The molecule has 0 bridgehead atoms. The van der Waals surface area contributed by atoms with Crippen LogP contribution in [0.25, 0.3) is 0 Å². The maximum atomic E-state index is 9.45. The Bertz CT molecular complexity index is 289. The Kier molecular flexibility index (Phi) is 2.94. The fourth-order valence-corrected chi connectivity index (χ4v) is 1.27. The number of rotatable bonds is 2. The van der Waals surface area contributed by atoms with Gasteiger partial charge in [0.15, 0.2) is 0 Å². The summed E-state index contributed by atoms with van der Waals surface area (Å²) in [5, 5.41) is 18.4. The van der Waals surface area contributed by atoms with Crippen molar-refractivity contribution in [3.63, 3.8) is 0 Å². The number of hydrogen-bond acceptors (Lipinski definition) is 4. The Balaban J connectivity index is 3.25. The van der Waals surface area contributed by atoms with E-state index in [-0.39, 0.29) is 12.4 Å². The smallest absolute Gasteiger partial charge is 0.142 e. The highest BCUT2D eigenvalue weighted by Crippen LogP contribution is 2.24. The van der Waals surface area contributed by atoms with Crippen molar-refractivity contribution in [2.75, 3.05) is 0 Å². The van der Waals surface area contributed by atoms with E-state index >= 15 is 0 Å². The van der Waals surface area contributed by atoms with Gasteiger partial charge in [-0.15, -0.1) is 0 Å². The standard InChI is InChI=1S/C8H11NO2S/c1-5-8(11)7(3-10)6(4-12)2-9-5/h2,10-12H,3-4H2,1H3. The number of pyridine rings is 1. The second kappa shape index (κ2) is 3.78. The van der Waals surface area contributed by atoms with Gasteiger partial charge in [-0.3, -0.25) is 4.98 Å². The van der Waals surface area contributed by atoms with Crippen LogP contribution in [0.1, 0.15) is 16.8 Å². The molecule has 1 aromatic heterocycles. The molecule has 12 heavy (non-hydrogen) atoms. The molecule has 0 saturated heterocycles. The summed E-state index contributed by atoms with van der Waals surface area (Å²) in [6.07, 6.45) is 1.62. The number of hydrogen-bond donors (Lipinski definition) is 3. The normalized spacial score (nSPS) is 10.2. The summed E-state index contributed by atoms with van der Waals surface area (Å²) in [6.45, 7) is 1.52. The first-order valence-electron chi connectivity index (χ1n) is 3.58. The molecule has 1 heterocycles. The molecule has 0 aromatic carbocycles. The van der Waals surface area contributed by atoms with Gasteiger partial charge < -0.3 is 10.2 Å². The Labute approximate surface area is 76.5 Å². The number of aryl methyl sites for hydroxylation is 1. The van der Waals surface area contributed by atoms with Gasteiger partial charge in [0.1, 0.15) is 5.75 Å². The number of aromatic nitrogens is 1. The lowest BCUT2D eigenvalue weighted by Gasteiger charge is -2.07. The van der Waals surface area contributed by atoms with Gasteiger partial charge in [0.25, 0.3) is 0 Å². The topological polar surface area (TPSA) is 53.4 Å². The molecule has 0 saturated carbocycles. The van der Waals surface area contributed by atoms with E-state index in [1.54, 1.807) is 13.1 Å². The second-order valence-electron chi connectivity index (χ2n) is 2.51. The Morgan fingerprint density at radius 3 is 2.75 bits per heavy atom. The van der Waals surface area contributed by atoms with Gasteiger partial charge in [-0.1, -0.05) is 0 Å². The third-order valence-corrected chi connectivity index (χ3v) is 2.10. The molecule has 1 rings (SSSR count). The molecule has 0 amide bonds. The van der Waals surface area contributed by atoms with Gasteiger partial charge in [-0.05, 0) is 12.5 Å². The summed E-state index contributed by atoms with van der Waals surface area (Å²) in [6, 6.07) is 0. The van der Waals surface area contributed by atoms with Gasteiger partial charge in [0, 0.05) is 17.5 Å². The maximum absolute atomic E-state index is 9.45. The third-order valence-electron chi connectivity index (χ3n) is 1.76. The summed E-state index contributed by atoms with van der Waals surface area (Å²) >= 11 is 4.05. The molecule has 1 aromatic rings. The first kappa shape index (κ1) is 9.35. The molecular formula is C8H11NO2S. The van der Waals surface area contributed by atoms with E-state index in [4.69, 9.17) is 5.11 Å². The summed E-state index contributed by atoms with van der Waals surface area (Å²) in [7, 11) is 0. The van der Waals surface area contributed by atoms with Crippen LogP contribution in [0.4, 0.5) is 0 Å². The van der Waals surface area contributed by atoms with Crippen molar-refractivity contribution in [3.8, 4) is 5.75 Å². The summed E-state index contributed by atoms with van der Waals surface area (Å²) in [5.74, 6) is 0.542. The van der Waals surface area contributed by atoms with E-state index in [1.165, 1.54) is 0 Å². The van der Waals surface area contributed by atoms with Crippen molar-refractivity contribution in [2.45, 2.75) is 19.3 Å².